The second kappa shape index (κ2) is 6.14. The van der Waals surface area contributed by atoms with E-state index in [1.54, 1.807) is 11.0 Å². The molecule has 6 nitrogen and oxygen atoms in total. The number of hydrogen-bond donors (Lipinski definition) is 1. The van der Waals surface area contributed by atoms with Gasteiger partial charge in [0.15, 0.2) is 0 Å². The van der Waals surface area contributed by atoms with E-state index in [1.807, 2.05) is 18.9 Å². The van der Waals surface area contributed by atoms with Crippen LogP contribution in [-0.4, -0.2) is 45.2 Å². The van der Waals surface area contributed by atoms with Crippen molar-refractivity contribution < 1.29 is 4.79 Å². The molecule has 2 N–H and O–H groups in total. The van der Waals surface area contributed by atoms with E-state index < -0.39 is 0 Å². The lowest BCUT2D eigenvalue weighted by Gasteiger charge is -2.38. The molecule has 3 unspecified atom stereocenters. The molecule has 1 fully saturated rings. The smallest absolute Gasteiger partial charge is 0.247 e. The van der Waals surface area contributed by atoms with Gasteiger partial charge in [0.25, 0.3) is 0 Å². The third-order valence-corrected chi connectivity index (χ3v) is 4.21. The fourth-order valence-electron chi connectivity index (χ4n) is 2.96. The third kappa shape index (κ3) is 2.94. The zero-order valence-corrected chi connectivity index (χ0v) is 11.7. The van der Waals surface area contributed by atoms with Crippen molar-refractivity contribution in [2.45, 2.75) is 44.7 Å². The Kier molecular flexibility index (Phi) is 4.52. The summed E-state index contributed by atoms with van der Waals surface area (Å²) in [5.41, 5.74) is 5.84. The molecular formula is C13H23N5O. The molecule has 1 aromatic rings. The summed E-state index contributed by atoms with van der Waals surface area (Å²) in [4.78, 5) is 18.3. The van der Waals surface area contributed by atoms with E-state index in [4.69, 9.17) is 5.73 Å². The Bertz CT molecular complexity index is 405. The van der Waals surface area contributed by atoms with Gasteiger partial charge in [-0.25, -0.2) is 9.67 Å². The minimum atomic E-state index is -0.312. The van der Waals surface area contributed by atoms with E-state index in [1.165, 1.54) is 19.2 Å². The van der Waals surface area contributed by atoms with Crippen LogP contribution < -0.4 is 5.73 Å². The molecule has 0 radical (unpaired) electrons. The van der Waals surface area contributed by atoms with E-state index >= 15 is 0 Å². The summed E-state index contributed by atoms with van der Waals surface area (Å²) in [6.07, 6.45) is 7.60. The van der Waals surface area contributed by atoms with Crippen molar-refractivity contribution >= 4 is 5.91 Å². The topological polar surface area (TPSA) is 77.0 Å². The van der Waals surface area contributed by atoms with Crippen LogP contribution in [0.4, 0.5) is 0 Å². The van der Waals surface area contributed by atoms with Gasteiger partial charge in [-0.2, -0.15) is 5.10 Å². The van der Waals surface area contributed by atoms with Crippen molar-refractivity contribution in [3.8, 4) is 0 Å². The number of rotatable bonds is 4. The molecule has 0 aliphatic heterocycles. The van der Waals surface area contributed by atoms with Gasteiger partial charge < -0.3 is 10.6 Å². The predicted molar refractivity (Wildman–Crippen MR) is 72.3 cm³/mol. The second-order valence-corrected chi connectivity index (χ2v) is 5.35. The van der Waals surface area contributed by atoms with Crippen LogP contribution in [0, 0.1) is 5.92 Å². The van der Waals surface area contributed by atoms with Gasteiger partial charge in [0.2, 0.25) is 5.91 Å². The molecule has 0 spiro atoms. The van der Waals surface area contributed by atoms with Crippen LogP contribution in [0.3, 0.4) is 0 Å². The number of likely N-dealkylation sites (N-methyl/N-ethyl adjacent to an activating group) is 1. The lowest BCUT2D eigenvalue weighted by molar-refractivity contribution is -0.137. The molecule has 2 rings (SSSR count). The summed E-state index contributed by atoms with van der Waals surface area (Å²) in [6.45, 7) is 2.51. The highest BCUT2D eigenvalue weighted by molar-refractivity contribution is 5.80. The molecule has 0 aromatic carbocycles. The van der Waals surface area contributed by atoms with E-state index in [0.29, 0.717) is 12.5 Å². The summed E-state index contributed by atoms with van der Waals surface area (Å²) in [7, 11) is 1.88. The predicted octanol–water partition coefficient (Wildman–Crippen LogP) is 0.815. The van der Waals surface area contributed by atoms with E-state index in [9.17, 15) is 4.79 Å². The Morgan fingerprint density at radius 3 is 2.89 bits per heavy atom. The first kappa shape index (κ1) is 14.0. The lowest BCUT2D eigenvalue weighted by Crippen LogP contribution is -2.47. The molecule has 1 aliphatic rings. The van der Waals surface area contributed by atoms with Gasteiger partial charge in [-0.3, -0.25) is 4.79 Å². The Labute approximate surface area is 114 Å². The van der Waals surface area contributed by atoms with Crippen molar-refractivity contribution in [2.24, 2.45) is 11.7 Å². The highest BCUT2D eigenvalue weighted by atomic mass is 16.2. The van der Waals surface area contributed by atoms with Crippen LogP contribution in [0.1, 0.15) is 38.6 Å². The monoisotopic (exact) mass is 265 g/mol. The zero-order chi connectivity index (χ0) is 13.8. The zero-order valence-electron chi connectivity index (χ0n) is 11.7. The molecule has 6 heteroatoms. The first-order valence-corrected chi connectivity index (χ1v) is 6.96. The van der Waals surface area contributed by atoms with Crippen molar-refractivity contribution in [2.75, 3.05) is 13.6 Å². The number of nitrogens with two attached hydrogens (primary N) is 1. The molecule has 106 valence electrons. The highest BCUT2D eigenvalue weighted by Crippen LogP contribution is 2.28. The fourth-order valence-corrected chi connectivity index (χ4v) is 2.96. The molecule has 19 heavy (non-hydrogen) atoms. The second-order valence-electron chi connectivity index (χ2n) is 5.35. The third-order valence-electron chi connectivity index (χ3n) is 4.21. The largest absolute Gasteiger partial charge is 0.341 e. The van der Waals surface area contributed by atoms with Crippen molar-refractivity contribution in [1.29, 1.82) is 0 Å². The number of amides is 1. The van der Waals surface area contributed by atoms with E-state index in [-0.39, 0.29) is 18.0 Å². The van der Waals surface area contributed by atoms with Gasteiger partial charge in [-0.05, 0) is 32.2 Å². The van der Waals surface area contributed by atoms with Crippen molar-refractivity contribution in [3.63, 3.8) is 0 Å². The fraction of sp³-hybridized carbons (Fsp3) is 0.769. The minimum Gasteiger partial charge on any atom is -0.341 e. The number of aromatic nitrogens is 3. The highest BCUT2D eigenvalue weighted by Gasteiger charge is 2.32. The van der Waals surface area contributed by atoms with Gasteiger partial charge >= 0.3 is 0 Å². The van der Waals surface area contributed by atoms with E-state index in [2.05, 4.69) is 10.1 Å². The van der Waals surface area contributed by atoms with Crippen LogP contribution in [-0.2, 0) is 4.79 Å². The van der Waals surface area contributed by atoms with Crippen molar-refractivity contribution in [3.05, 3.63) is 12.7 Å². The van der Waals surface area contributed by atoms with Crippen molar-refractivity contribution in [1.82, 2.24) is 19.7 Å². The van der Waals surface area contributed by atoms with Gasteiger partial charge in [0, 0.05) is 13.1 Å². The first-order valence-electron chi connectivity index (χ1n) is 6.96. The van der Waals surface area contributed by atoms with Crippen LogP contribution >= 0.6 is 0 Å². The Hall–Kier alpha value is -1.43. The maximum absolute atomic E-state index is 12.5. The van der Waals surface area contributed by atoms with Crippen LogP contribution in [0.2, 0.25) is 0 Å². The van der Waals surface area contributed by atoms with Crippen LogP contribution in [0.25, 0.3) is 0 Å². The summed E-state index contributed by atoms with van der Waals surface area (Å²) < 4.78 is 1.60. The lowest BCUT2D eigenvalue weighted by atomic mass is 9.83. The standard InChI is InChI=1S/C13H23N5O/c1-10(18-9-15-8-16-18)13(19)17(2)12-6-4-3-5-11(12)7-14/h8-12H,3-7,14H2,1-2H3. The molecular weight excluding hydrogens is 242 g/mol. The van der Waals surface area contributed by atoms with E-state index in [0.717, 1.165) is 12.8 Å². The number of carbonyl (C=O) groups is 1. The van der Waals surface area contributed by atoms with Gasteiger partial charge in [0.1, 0.15) is 18.7 Å². The average molecular weight is 265 g/mol. The summed E-state index contributed by atoms with van der Waals surface area (Å²) >= 11 is 0. The van der Waals surface area contributed by atoms with Gasteiger partial charge in [-0.1, -0.05) is 12.8 Å². The maximum Gasteiger partial charge on any atom is 0.247 e. The number of hydrogen-bond acceptors (Lipinski definition) is 4. The summed E-state index contributed by atoms with van der Waals surface area (Å²) in [5.74, 6) is 0.501. The minimum absolute atomic E-state index is 0.0795. The van der Waals surface area contributed by atoms with Gasteiger partial charge in [0.05, 0.1) is 0 Å². The quantitative estimate of drug-likeness (QED) is 0.874. The maximum atomic E-state index is 12.5. The van der Waals surface area contributed by atoms with Gasteiger partial charge in [-0.15, -0.1) is 0 Å². The number of carbonyl (C=O) groups excluding carboxylic acids is 1. The molecule has 0 bridgehead atoms. The average Bonchev–Trinajstić information content (AvgIpc) is 2.99. The van der Waals surface area contributed by atoms with Crippen LogP contribution in [0.5, 0.6) is 0 Å². The normalized spacial score (nSPS) is 25.0. The molecule has 3 atom stereocenters. The Balaban J connectivity index is 2.05. The molecule has 1 heterocycles. The molecule has 0 saturated heterocycles. The van der Waals surface area contributed by atoms with Crippen LogP contribution in [0.15, 0.2) is 12.7 Å². The first-order chi connectivity index (χ1) is 9.15. The molecule has 1 aromatic heterocycles. The summed E-state index contributed by atoms with van der Waals surface area (Å²) in [5, 5.41) is 4.04. The molecule has 1 saturated carbocycles. The number of nitrogens with zero attached hydrogens (tertiary/aromatic N) is 4. The molecule has 1 aliphatic carbocycles. The molecule has 1 amide bonds. The Morgan fingerprint density at radius 2 is 2.26 bits per heavy atom. The Morgan fingerprint density at radius 1 is 1.53 bits per heavy atom. The SMILES string of the molecule is CC(C(=O)N(C)C1CCCCC1CN)n1cncn1. The summed E-state index contributed by atoms with van der Waals surface area (Å²) in [6, 6.07) is -0.0509.